The predicted octanol–water partition coefficient (Wildman–Crippen LogP) is 2.31. The average molecular weight is 309 g/mol. The lowest BCUT2D eigenvalue weighted by Crippen LogP contribution is -2.26. The summed E-state index contributed by atoms with van der Waals surface area (Å²) in [5, 5.41) is 3.12. The molecular weight excluding hydrogens is 291 g/mol. The van der Waals surface area contributed by atoms with Gasteiger partial charge in [-0.2, -0.15) is 0 Å². The molecule has 3 N–H and O–H groups in total. The summed E-state index contributed by atoms with van der Waals surface area (Å²) in [6, 6.07) is 3.20. The van der Waals surface area contributed by atoms with E-state index in [9.17, 15) is 4.79 Å². The van der Waals surface area contributed by atoms with Crippen LogP contribution in [-0.4, -0.2) is 26.7 Å². The van der Waals surface area contributed by atoms with Crippen LogP contribution in [0, 0.1) is 5.92 Å². The van der Waals surface area contributed by atoms with Crippen LogP contribution in [0.4, 0.5) is 5.69 Å². The summed E-state index contributed by atoms with van der Waals surface area (Å²) in [4.78, 5) is 11.8. The summed E-state index contributed by atoms with van der Waals surface area (Å²) < 4.78 is 10.2. The van der Waals surface area contributed by atoms with Crippen LogP contribution in [-0.2, 0) is 4.79 Å². The Morgan fingerprint density at radius 1 is 1.37 bits per heavy atom. The fourth-order valence-corrected chi connectivity index (χ4v) is 1.56. The molecule has 0 bridgehead atoms. The van der Waals surface area contributed by atoms with Gasteiger partial charge in [-0.05, 0) is 6.07 Å². The van der Waals surface area contributed by atoms with Crippen LogP contribution in [0.25, 0.3) is 0 Å². The molecule has 0 saturated carbocycles. The summed E-state index contributed by atoms with van der Waals surface area (Å²) in [6.45, 7) is 2.02. The van der Waals surface area contributed by atoms with Crippen LogP contribution in [0.1, 0.15) is 6.92 Å². The summed E-state index contributed by atoms with van der Waals surface area (Å²) >= 11 is 6.00. The van der Waals surface area contributed by atoms with Crippen LogP contribution in [0.3, 0.4) is 0 Å². The van der Waals surface area contributed by atoms with Crippen molar-refractivity contribution in [2.75, 3.05) is 26.1 Å². The number of carbonyl (C=O) groups excluding carboxylic acids is 1. The number of anilines is 1. The van der Waals surface area contributed by atoms with E-state index in [0.717, 1.165) is 0 Å². The Bertz CT molecular complexity index is 441. The minimum absolute atomic E-state index is 0. The highest BCUT2D eigenvalue weighted by Crippen LogP contribution is 2.35. The van der Waals surface area contributed by atoms with Crippen molar-refractivity contribution < 1.29 is 14.3 Å². The molecule has 0 saturated heterocycles. The lowest BCUT2D eigenvalue weighted by molar-refractivity contribution is -0.119. The van der Waals surface area contributed by atoms with Crippen molar-refractivity contribution in [1.29, 1.82) is 0 Å². The highest BCUT2D eigenvalue weighted by Gasteiger charge is 2.15. The molecule has 0 heterocycles. The number of carbonyl (C=O) groups is 1. The van der Waals surface area contributed by atoms with E-state index in [-0.39, 0.29) is 30.8 Å². The number of amides is 1. The Labute approximate surface area is 123 Å². The summed E-state index contributed by atoms with van der Waals surface area (Å²) in [5.41, 5.74) is 5.93. The maximum absolute atomic E-state index is 11.8. The summed E-state index contributed by atoms with van der Waals surface area (Å²) in [5.74, 6) is 0.500. The maximum atomic E-state index is 11.8. The quantitative estimate of drug-likeness (QED) is 0.875. The van der Waals surface area contributed by atoms with Crippen LogP contribution < -0.4 is 20.5 Å². The smallest absolute Gasteiger partial charge is 0.228 e. The predicted molar refractivity (Wildman–Crippen MR) is 78.7 cm³/mol. The van der Waals surface area contributed by atoms with Crippen LogP contribution in [0.15, 0.2) is 12.1 Å². The second-order valence-electron chi connectivity index (χ2n) is 3.81. The molecule has 0 fully saturated rings. The third-order valence-corrected chi connectivity index (χ3v) is 2.83. The molecule has 5 nitrogen and oxygen atoms in total. The molecule has 0 radical (unpaired) electrons. The molecule has 1 amide bonds. The van der Waals surface area contributed by atoms with Crippen LogP contribution in [0.2, 0.25) is 5.02 Å². The molecule has 0 aliphatic carbocycles. The van der Waals surface area contributed by atoms with Gasteiger partial charge < -0.3 is 20.5 Å². The van der Waals surface area contributed by atoms with E-state index in [1.165, 1.54) is 14.2 Å². The molecule has 0 aliphatic heterocycles. The first-order valence-electron chi connectivity index (χ1n) is 5.46. The molecule has 0 aliphatic rings. The van der Waals surface area contributed by atoms with E-state index < -0.39 is 0 Å². The van der Waals surface area contributed by atoms with Crippen molar-refractivity contribution in [3.63, 3.8) is 0 Å². The Morgan fingerprint density at radius 3 is 2.42 bits per heavy atom. The first-order chi connectivity index (χ1) is 8.53. The van der Waals surface area contributed by atoms with Crippen molar-refractivity contribution in [1.82, 2.24) is 0 Å². The van der Waals surface area contributed by atoms with Gasteiger partial charge in [0.25, 0.3) is 0 Å². The zero-order chi connectivity index (χ0) is 13.7. The van der Waals surface area contributed by atoms with Gasteiger partial charge >= 0.3 is 0 Å². The number of halogens is 2. The van der Waals surface area contributed by atoms with Gasteiger partial charge in [0.05, 0.1) is 24.9 Å². The third kappa shape index (κ3) is 4.45. The SMILES string of the molecule is COc1cc(OC)c(NC(=O)C(C)CN)cc1Cl.Cl. The van der Waals surface area contributed by atoms with Crippen molar-refractivity contribution in [3.05, 3.63) is 17.2 Å². The number of rotatable bonds is 5. The number of hydrogen-bond donors (Lipinski definition) is 2. The van der Waals surface area contributed by atoms with Crippen LogP contribution in [0.5, 0.6) is 11.5 Å². The number of ether oxygens (including phenoxy) is 2. The lowest BCUT2D eigenvalue weighted by Gasteiger charge is -2.15. The molecule has 1 atom stereocenters. The molecular formula is C12H18Cl2N2O3. The van der Waals surface area contributed by atoms with E-state index in [4.69, 9.17) is 26.8 Å². The van der Waals surface area contributed by atoms with E-state index in [1.807, 2.05) is 0 Å². The van der Waals surface area contributed by atoms with Gasteiger partial charge in [-0.15, -0.1) is 12.4 Å². The minimum Gasteiger partial charge on any atom is -0.495 e. The molecule has 7 heteroatoms. The second kappa shape index (κ2) is 8.09. The molecule has 0 aromatic heterocycles. The van der Waals surface area contributed by atoms with Crippen molar-refractivity contribution >= 4 is 35.6 Å². The fraction of sp³-hybridized carbons (Fsp3) is 0.417. The molecule has 0 spiro atoms. The molecule has 1 aromatic carbocycles. The van der Waals surface area contributed by atoms with E-state index in [2.05, 4.69) is 5.32 Å². The molecule has 1 aromatic rings. The fourth-order valence-electron chi connectivity index (χ4n) is 1.32. The number of benzene rings is 1. The van der Waals surface area contributed by atoms with Gasteiger partial charge in [0.2, 0.25) is 5.91 Å². The molecule has 1 rings (SSSR count). The number of hydrogen-bond acceptors (Lipinski definition) is 4. The van der Waals surface area contributed by atoms with Gasteiger partial charge in [0.1, 0.15) is 11.5 Å². The first kappa shape index (κ1) is 17.8. The molecule has 19 heavy (non-hydrogen) atoms. The largest absolute Gasteiger partial charge is 0.495 e. The van der Waals surface area contributed by atoms with Gasteiger partial charge in [-0.1, -0.05) is 18.5 Å². The van der Waals surface area contributed by atoms with Gasteiger partial charge in [0.15, 0.2) is 0 Å². The van der Waals surface area contributed by atoms with E-state index in [0.29, 0.717) is 22.2 Å². The van der Waals surface area contributed by atoms with Crippen molar-refractivity contribution in [3.8, 4) is 11.5 Å². The first-order valence-corrected chi connectivity index (χ1v) is 5.83. The Kier molecular flexibility index (Phi) is 7.59. The monoisotopic (exact) mass is 308 g/mol. The van der Waals surface area contributed by atoms with Gasteiger partial charge in [-0.3, -0.25) is 4.79 Å². The summed E-state index contributed by atoms with van der Waals surface area (Å²) in [7, 11) is 3.01. The number of methoxy groups -OCH3 is 2. The van der Waals surface area contributed by atoms with Crippen molar-refractivity contribution in [2.24, 2.45) is 11.7 Å². The topological polar surface area (TPSA) is 73.6 Å². The molecule has 108 valence electrons. The standard InChI is InChI=1S/C12H17ClN2O3.ClH/c1-7(6-14)12(16)15-9-4-8(13)10(17-2)5-11(9)18-3;/h4-5,7H,6,14H2,1-3H3,(H,15,16);1H. The minimum atomic E-state index is -0.282. The maximum Gasteiger partial charge on any atom is 0.228 e. The lowest BCUT2D eigenvalue weighted by atomic mass is 10.1. The summed E-state index contributed by atoms with van der Waals surface area (Å²) in [6.07, 6.45) is 0. The second-order valence-corrected chi connectivity index (χ2v) is 4.22. The number of nitrogens with one attached hydrogen (secondary N) is 1. The van der Waals surface area contributed by atoms with Crippen molar-refractivity contribution in [2.45, 2.75) is 6.92 Å². The van der Waals surface area contributed by atoms with E-state index in [1.54, 1.807) is 19.1 Å². The third-order valence-electron chi connectivity index (χ3n) is 2.53. The van der Waals surface area contributed by atoms with Crippen LogP contribution >= 0.6 is 24.0 Å². The zero-order valence-electron chi connectivity index (χ0n) is 11.0. The highest BCUT2D eigenvalue weighted by molar-refractivity contribution is 6.32. The number of nitrogens with two attached hydrogens (primary N) is 1. The van der Waals surface area contributed by atoms with E-state index >= 15 is 0 Å². The normalized spacial score (nSPS) is 11.2. The Balaban J connectivity index is 0.00000324. The Morgan fingerprint density at radius 2 is 1.95 bits per heavy atom. The van der Waals surface area contributed by atoms with Gasteiger partial charge in [0, 0.05) is 18.5 Å². The highest BCUT2D eigenvalue weighted by atomic mass is 35.5. The Hall–Kier alpha value is -1.17. The zero-order valence-corrected chi connectivity index (χ0v) is 12.6. The molecule has 1 unspecified atom stereocenters. The van der Waals surface area contributed by atoms with Gasteiger partial charge in [-0.25, -0.2) is 0 Å². The average Bonchev–Trinajstić information content (AvgIpc) is 2.38.